The molecule has 2 heterocycles. The lowest BCUT2D eigenvalue weighted by molar-refractivity contribution is 0.177. The number of rotatable bonds is 5. The highest BCUT2D eigenvalue weighted by Crippen LogP contribution is 2.19. The van der Waals surface area contributed by atoms with Crippen LogP contribution >= 0.6 is 11.3 Å². The number of hydrogen-bond acceptors (Lipinski definition) is 3. The molecule has 0 aliphatic carbocycles. The van der Waals surface area contributed by atoms with E-state index in [2.05, 4.69) is 29.4 Å². The van der Waals surface area contributed by atoms with Crippen LogP contribution in [0.3, 0.4) is 0 Å². The van der Waals surface area contributed by atoms with E-state index in [1.54, 1.807) is 23.7 Å². The molecular weight excluding hydrogens is 294 g/mol. The number of urea groups is 1. The van der Waals surface area contributed by atoms with Gasteiger partial charge in [0.2, 0.25) is 0 Å². The smallest absolute Gasteiger partial charge is 0.318 e. The van der Waals surface area contributed by atoms with Crippen molar-refractivity contribution in [2.24, 2.45) is 0 Å². The highest BCUT2D eigenvalue weighted by molar-refractivity contribution is 7.11. The number of amides is 2. The minimum atomic E-state index is -0.0400. The van der Waals surface area contributed by atoms with Gasteiger partial charge in [0.1, 0.15) is 0 Å². The molecule has 22 heavy (non-hydrogen) atoms. The average Bonchev–Trinajstić information content (AvgIpc) is 2.90. The molecule has 0 saturated carbocycles. The predicted molar refractivity (Wildman–Crippen MR) is 90.9 cm³/mol. The van der Waals surface area contributed by atoms with E-state index in [0.717, 1.165) is 5.56 Å². The van der Waals surface area contributed by atoms with Crippen LogP contribution < -0.4 is 5.32 Å². The van der Waals surface area contributed by atoms with E-state index in [-0.39, 0.29) is 18.1 Å². The number of aromatic nitrogens is 1. The first-order valence-corrected chi connectivity index (χ1v) is 8.31. The van der Waals surface area contributed by atoms with Gasteiger partial charge in [0, 0.05) is 28.2 Å². The second kappa shape index (κ2) is 7.40. The molecule has 0 bridgehead atoms. The van der Waals surface area contributed by atoms with E-state index in [1.807, 2.05) is 37.8 Å². The summed E-state index contributed by atoms with van der Waals surface area (Å²) in [5, 5.41) is 3.07. The fraction of sp³-hybridized carbons (Fsp3) is 0.412. The molecule has 0 aliphatic rings. The molecule has 2 aromatic rings. The van der Waals surface area contributed by atoms with E-state index >= 15 is 0 Å². The van der Waals surface area contributed by atoms with Gasteiger partial charge < -0.3 is 10.2 Å². The van der Waals surface area contributed by atoms with Crippen LogP contribution in [0.2, 0.25) is 0 Å². The Morgan fingerprint density at radius 3 is 2.45 bits per heavy atom. The standard InChI is InChI=1S/C17H23N3OS/c1-12(2)20(11-16-6-5-13(3)22-16)17(21)19-14(4)15-7-9-18-10-8-15/h5-10,12,14H,11H2,1-4H3,(H,19,21)/t14-/m1/s1. The molecule has 0 radical (unpaired) electrons. The molecule has 4 nitrogen and oxygen atoms in total. The molecule has 2 amide bonds. The normalized spacial score (nSPS) is 12.2. The Morgan fingerprint density at radius 1 is 1.23 bits per heavy atom. The zero-order valence-electron chi connectivity index (χ0n) is 13.5. The van der Waals surface area contributed by atoms with Crippen LogP contribution in [0.25, 0.3) is 0 Å². The molecule has 0 aliphatic heterocycles. The molecule has 5 heteroatoms. The first-order valence-electron chi connectivity index (χ1n) is 7.49. The van der Waals surface area contributed by atoms with Gasteiger partial charge in [-0.3, -0.25) is 4.98 Å². The van der Waals surface area contributed by atoms with Crippen LogP contribution in [-0.4, -0.2) is 22.0 Å². The van der Waals surface area contributed by atoms with Crippen LogP contribution in [0.15, 0.2) is 36.7 Å². The van der Waals surface area contributed by atoms with Gasteiger partial charge in [-0.05, 0) is 57.5 Å². The van der Waals surface area contributed by atoms with Crippen molar-refractivity contribution >= 4 is 17.4 Å². The lowest BCUT2D eigenvalue weighted by Gasteiger charge is -2.28. The number of nitrogens with one attached hydrogen (secondary N) is 1. The van der Waals surface area contributed by atoms with Gasteiger partial charge in [0.15, 0.2) is 0 Å². The average molecular weight is 317 g/mol. The van der Waals surface area contributed by atoms with Crippen molar-refractivity contribution in [2.75, 3.05) is 0 Å². The molecule has 1 N–H and O–H groups in total. The van der Waals surface area contributed by atoms with Crippen LogP contribution in [0, 0.1) is 6.92 Å². The number of carbonyl (C=O) groups is 1. The van der Waals surface area contributed by atoms with Crippen molar-refractivity contribution in [3.8, 4) is 0 Å². The number of nitrogens with zero attached hydrogens (tertiary/aromatic N) is 2. The summed E-state index contributed by atoms with van der Waals surface area (Å²) in [4.78, 5) is 20.9. The Morgan fingerprint density at radius 2 is 1.91 bits per heavy atom. The van der Waals surface area contributed by atoms with Gasteiger partial charge in [-0.15, -0.1) is 11.3 Å². The maximum atomic E-state index is 12.6. The Balaban J connectivity index is 2.03. The van der Waals surface area contributed by atoms with E-state index in [4.69, 9.17) is 0 Å². The molecule has 0 spiro atoms. The zero-order chi connectivity index (χ0) is 16.1. The van der Waals surface area contributed by atoms with Crippen LogP contribution in [0.1, 0.15) is 42.1 Å². The summed E-state index contributed by atoms with van der Waals surface area (Å²) < 4.78 is 0. The fourth-order valence-corrected chi connectivity index (χ4v) is 3.12. The van der Waals surface area contributed by atoms with Gasteiger partial charge in [0.05, 0.1) is 12.6 Å². The molecule has 0 saturated heterocycles. The summed E-state index contributed by atoms with van der Waals surface area (Å²) >= 11 is 1.74. The summed E-state index contributed by atoms with van der Waals surface area (Å²) in [5.74, 6) is 0. The van der Waals surface area contributed by atoms with Gasteiger partial charge in [-0.2, -0.15) is 0 Å². The minimum absolute atomic E-state index is 0.0367. The maximum absolute atomic E-state index is 12.6. The monoisotopic (exact) mass is 317 g/mol. The van der Waals surface area contributed by atoms with Gasteiger partial charge in [-0.25, -0.2) is 4.79 Å². The van der Waals surface area contributed by atoms with Gasteiger partial charge in [-0.1, -0.05) is 0 Å². The molecule has 2 rings (SSSR count). The Labute approximate surface area is 136 Å². The number of pyridine rings is 1. The van der Waals surface area contributed by atoms with E-state index in [0.29, 0.717) is 6.54 Å². The van der Waals surface area contributed by atoms with Crippen molar-refractivity contribution in [3.63, 3.8) is 0 Å². The van der Waals surface area contributed by atoms with E-state index in [1.165, 1.54) is 9.75 Å². The molecule has 2 aromatic heterocycles. The third-order valence-corrected chi connectivity index (χ3v) is 4.54. The van der Waals surface area contributed by atoms with Crippen molar-refractivity contribution in [3.05, 3.63) is 52.0 Å². The number of aryl methyl sites for hydroxylation is 1. The Bertz CT molecular complexity index is 609. The summed E-state index contributed by atoms with van der Waals surface area (Å²) in [6.07, 6.45) is 3.49. The largest absolute Gasteiger partial charge is 0.331 e. The first-order chi connectivity index (χ1) is 10.5. The highest BCUT2D eigenvalue weighted by Gasteiger charge is 2.20. The second-order valence-corrected chi connectivity index (χ2v) is 7.06. The number of thiophene rings is 1. The van der Waals surface area contributed by atoms with E-state index < -0.39 is 0 Å². The highest BCUT2D eigenvalue weighted by atomic mass is 32.1. The summed E-state index contributed by atoms with van der Waals surface area (Å²) in [5.41, 5.74) is 1.05. The quantitative estimate of drug-likeness (QED) is 0.901. The van der Waals surface area contributed by atoms with Crippen molar-refractivity contribution in [2.45, 2.75) is 46.3 Å². The molecule has 0 unspecified atom stereocenters. The minimum Gasteiger partial charge on any atom is -0.331 e. The first kappa shape index (κ1) is 16.5. The number of carbonyl (C=O) groups excluding carboxylic acids is 1. The van der Waals surface area contributed by atoms with Crippen LogP contribution in [-0.2, 0) is 6.54 Å². The van der Waals surface area contributed by atoms with Crippen molar-refractivity contribution in [1.82, 2.24) is 15.2 Å². The molecule has 1 atom stereocenters. The third kappa shape index (κ3) is 4.31. The topological polar surface area (TPSA) is 45.2 Å². The molecular formula is C17H23N3OS. The summed E-state index contributed by atoms with van der Waals surface area (Å²) in [7, 11) is 0. The SMILES string of the molecule is Cc1ccc(CN(C(=O)N[C@H](C)c2ccncc2)C(C)C)s1. The fourth-order valence-electron chi connectivity index (χ4n) is 2.23. The molecule has 118 valence electrons. The van der Waals surface area contributed by atoms with Crippen LogP contribution in [0.5, 0.6) is 0 Å². The third-order valence-electron chi connectivity index (χ3n) is 3.55. The summed E-state index contributed by atoms with van der Waals surface area (Å²) in [6, 6.07) is 8.10. The molecule has 0 aromatic carbocycles. The lowest BCUT2D eigenvalue weighted by Crippen LogP contribution is -2.44. The van der Waals surface area contributed by atoms with Gasteiger partial charge in [0.25, 0.3) is 0 Å². The number of hydrogen-bond donors (Lipinski definition) is 1. The predicted octanol–water partition coefficient (Wildman–Crippen LogP) is 4.13. The van der Waals surface area contributed by atoms with Crippen molar-refractivity contribution in [1.29, 1.82) is 0 Å². The second-order valence-electron chi connectivity index (χ2n) is 5.69. The Hall–Kier alpha value is -1.88. The molecule has 0 fully saturated rings. The van der Waals surface area contributed by atoms with Crippen molar-refractivity contribution < 1.29 is 4.79 Å². The van der Waals surface area contributed by atoms with E-state index in [9.17, 15) is 4.79 Å². The Kier molecular flexibility index (Phi) is 5.55. The van der Waals surface area contributed by atoms with Crippen LogP contribution in [0.4, 0.5) is 4.79 Å². The maximum Gasteiger partial charge on any atom is 0.318 e. The summed E-state index contributed by atoms with van der Waals surface area (Å²) in [6.45, 7) is 8.79. The zero-order valence-corrected chi connectivity index (χ0v) is 14.4. The lowest BCUT2D eigenvalue weighted by atomic mass is 10.1. The van der Waals surface area contributed by atoms with Gasteiger partial charge >= 0.3 is 6.03 Å².